The normalized spacial score (nSPS) is 15.4. The average Bonchev–Trinajstić information content (AvgIpc) is 2.90. The first-order chi connectivity index (χ1) is 21.0. The molecule has 0 N–H and O–H groups in total. The van der Waals surface area contributed by atoms with Crippen molar-refractivity contribution in [3.8, 4) is 5.81 Å². The summed E-state index contributed by atoms with van der Waals surface area (Å²) in [6.07, 6.45) is 0. The van der Waals surface area contributed by atoms with Gasteiger partial charge in [-0.2, -0.15) is 0 Å². The summed E-state index contributed by atoms with van der Waals surface area (Å²) in [7, 11) is 31.8. The summed E-state index contributed by atoms with van der Waals surface area (Å²) >= 11 is 0. The standard InChI is InChI=1S/C25H72N17P5/c1-31(2)43(32(3)4,33(5)6)27-47(25-26,28-44(34(7)8,35(9)10)36(11)12,29-45(37(13)14,38(15)16)39(17)18)30-46(40(19)20,41(21)22)42(23)24/h1-24H3. The van der Waals surface area contributed by atoms with Crippen molar-refractivity contribution in [3.05, 3.63) is 0 Å². The minimum absolute atomic E-state index is 2.02. The Labute approximate surface area is 291 Å². The molecule has 0 aliphatic heterocycles. The van der Waals surface area contributed by atoms with Crippen LogP contribution in [0.25, 0.3) is 0 Å². The predicted molar refractivity (Wildman–Crippen MR) is 214 cm³/mol. The van der Waals surface area contributed by atoms with E-state index < -0.39 is 37.2 Å². The summed E-state index contributed by atoms with van der Waals surface area (Å²) in [5.41, 5.74) is 0. The SMILES string of the molecule is CN(C)P(=NP(C#N)(N=P(N(C)C)(N(C)C)N(C)C)(N=P(N(C)C)(N(C)C)N(C)C)N=P(N(C)C)(N(C)C)N(C)C)(N(C)C)N(C)C. The Kier molecular flexibility index (Phi) is 16.9. The van der Waals surface area contributed by atoms with Gasteiger partial charge in [-0.15, -0.1) is 0 Å². The van der Waals surface area contributed by atoms with Gasteiger partial charge in [-0.1, -0.05) is 0 Å². The summed E-state index contributed by atoms with van der Waals surface area (Å²) in [5, 5.41) is 12.3. The molecule has 0 heterocycles. The van der Waals surface area contributed by atoms with Gasteiger partial charge in [0.05, 0.1) is 0 Å². The van der Waals surface area contributed by atoms with E-state index in [9.17, 15) is 5.26 Å². The van der Waals surface area contributed by atoms with E-state index in [4.69, 9.17) is 18.1 Å². The third-order valence-corrected chi connectivity index (χ3v) is 30.1. The topological polar surface area (TPSA) is 112 Å². The molecule has 282 valence electrons. The summed E-state index contributed by atoms with van der Waals surface area (Å²) < 4.78 is 49.4. The molecule has 17 nitrogen and oxygen atoms in total. The van der Waals surface area contributed by atoms with Crippen molar-refractivity contribution < 1.29 is 0 Å². The fourth-order valence-electron chi connectivity index (χ4n) is 6.32. The van der Waals surface area contributed by atoms with Gasteiger partial charge in [-0.25, -0.2) is 0 Å². The Bertz CT molecular complexity index is 1020. The molecular weight excluding hydrogens is 693 g/mol. The van der Waals surface area contributed by atoms with Crippen molar-refractivity contribution in [2.45, 2.75) is 0 Å². The van der Waals surface area contributed by atoms with Gasteiger partial charge in [0.2, 0.25) is 0 Å². The molecule has 22 heteroatoms. The van der Waals surface area contributed by atoms with Crippen LogP contribution in [0, 0.1) is 11.1 Å². The summed E-state index contributed by atoms with van der Waals surface area (Å²) in [6.45, 7) is 0. The quantitative estimate of drug-likeness (QED) is 0.192. The second-order valence-electron chi connectivity index (χ2n) is 13.7. The Morgan fingerprint density at radius 2 is 0.404 bits per heavy atom. The van der Waals surface area contributed by atoms with E-state index in [-0.39, 0.29) is 0 Å². The van der Waals surface area contributed by atoms with Crippen LogP contribution >= 0.6 is 37.2 Å². The van der Waals surface area contributed by atoms with E-state index in [0.717, 1.165) is 0 Å². The zero-order valence-corrected chi connectivity index (χ0v) is 38.8. The fraction of sp³-hybridized carbons (Fsp3) is 0.960. The van der Waals surface area contributed by atoms with Crippen molar-refractivity contribution in [3.63, 3.8) is 0 Å². The van der Waals surface area contributed by atoms with E-state index in [0.29, 0.717) is 0 Å². The van der Waals surface area contributed by atoms with E-state index in [1.807, 2.05) is 169 Å². The van der Waals surface area contributed by atoms with Crippen LogP contribution in [-0.2, 0) is 0 Å². The monoisotopic (exact) mass is 765 g/mol. The van der Waals surface area contributed by atoms with E-state index in [1.165, 1.54) is 0 Å². The van der Waals surface area contributed by atoms with E-state index >= 15 is 0 Å². The molecule has 0 spiro atoms. The molecule has 0 rings (SSSR count). The van der Waals surface area contributed by atoms with Crippen LogP contribution < -0.4 is 0 Å². The van der Waals surface area contributed by atoms with Crippen LogP contribution in [0.15, 0.2) is 18.1 Å². The molecule has 0 saturated heterocycles. The maximum atomic E-state index is 12.3. The summed E-state index contributed by atoms with van der Waals surface area (Å²) in [6, 6.07) is 0. The third-order valence-electron chi connectivity index (χ3n) is 7.76. The van der Waals surface area contributed by atoms with Gasteiger partial charge in [-0.3, -0.25) is 0 Å². The number of hydrogen-bond donors (Lipinski definition) is 0. The number of nitriles is 1. The van der Waals surface area contributed by atoms with Crippen molar-refractivity contribution in [2.24, 2.45) is 18.1 Å². The zero-order valence-electron chi connectivity index (χ0n) is 34.3. The van der Waals surface area contributed by atoms with Crippen LogP contribution in [0.5, 0.6) is 0 Å². The van der Waals surface area contributed by atoms with Crippen molar-refractivity contribution in [2.75, 3.05) is 169 Å². The molecule has 0 unspecified atom stereocenters. The van der Waals surface area contributed by atoms with Gasteiger partial charge < -0.3 is 0 Å². The first-order valence-corrected chi connectivity index (χ1v) is 23.6. The fourth-order valence-corrected chi connectivity index (χ4v) is 33.1. The van der Waals surface area contributed by atoms with Gasteiger partial charge in [0.25, 0.3) is 0 Å². The molecule has 0 atom stereocenters. The summed E-state index contributed by atoms with van der Waals surface area (Å²) in [5.74, 6) is 2.86. The van der Waals surface area contributed by atoms with Crippen LogP contribution in [0.4, 0.5) is 0 Å². The van der Waals surface area contributed by atoms with Gasteiger partial charge in [0, 0.05) is 0 Å². The number of hydrogen-bond acceptors (Lipinski definition) is 5. The van der Waals surface area contributed by atoms with Crippen molar-refractivity contribution in [1.82, 2.24) is 56.0 Å². The minimum atomic E-state index is -5.16. The predicted octanol–water partition coefficient (Wildman–Crippen LogP) is 5.20. The molecule has 0 radical (unpaired) electrons. The van der Waals surface area contributed by atoms with Crippen molar-refractivity contribution >= 4 is 37.2 Å². The molecule has 0 aromatic heterocycles. The summed E-state index contributed by atoms with van der Waals surface area (Å²) in [4.78, 5) is 0. The van der Waals surface area contributed by atoms with Crippen LogP contribution in [0.2, 0.25) is 0 Å². The first kappa shape index (κ1) is 47.4. The number of nitrogens with zero attached hydrogens (tertiary/aromatic N) is 17. The Morgan fingerprint density at radius 1 is 0.298 bits per heavy atom. The number of rotatable bonds is 16. The maximum absolute atomic E-state index is 12.3. The van der Waals surface area contributed by atoms with Crippen LogP contribution in [0.3, 0.4) is 0 Å². The zero-order chi connectivity index (χ0) is 37.9. The molecule has 0 fully saturated rings. The molecule has 47 heavy (non-hydrogen) atoms. The molecule has 0 aromatic rings. The third kappa shape index (κ3) is 8.38. The van der Waals surface area contributed by atoms with E-state index in [2.05, 4.69) is 61.9 Å². The average molecular weight is 766 g/mol. The second kappa shape index (κ2) is 16.8. The van der Waals surface area contributed by atoms with Crippen LogP contribution in [0.1, 0.15) is 0 Å². The Hall–Kier alpha value is 0.360. The molecule has 0 aromatic carbocycles. The molecule has 0 bridgehead atoms. The molecule has 0 amide bonds. The first-order valence-electron chi connectivity index (χ1n) is 15.2. The second-order valence-corrected chi connectivity index (χ2v) is 32.5. The Morgan fingerprint density at radius 3 is 0.468 bits per heavy atom. The van der Waals surface area contributed by atoms with Gasteiger partial charge in [0.15, 0.2) is 0 Å². The van der Waals surface area contributed by atoms with E-state index in [1.54, 1.807) is 0 Å². The van der Waals surface area contributed by atoms with Crippen LogP contribution in [-0.4, -0.2) is 225 Å². The van der Waals surface area contributed by atoms with Crippen molar-refractivity contribution in [1.29, 1.82) is 5.26 Å². The van der Waals surface area contributed by atoms with Gasteiger partial charge >= 0.3 is 292 Å². The molecule has 0 aliphatic rings. The molecule has 0 saturated carbocycles. The van der Waals surface area contributed by atoms with Gasteiger partial charge in [-0.05, 0) is 0 Å². The molecule has 0 aliphatic carbocycles. The van der Waals surface area contributed by atoms with Gasteiger partial charge in [0.1, 0.15) is 0 Å². The molecular formula is C25H72N17P5. The Balaban J connectivity index is 10.9.